The summed E-state index contributed by atoms with van der Waals surface area (Å²) in [5, 5.41) is 0. The molecule has 1 fully saturated rings. The summed E-state index contributed by atoms with van der Waals surface area (Å²) in [6, 6.07) is 8.80. The van der Waals surface area contributed by atoms with Gasteiger partial charge in [-0.2, -0.15) is 0 Å². The Hall–Kier alpha value is -1.89. The van der Waals surface area contributed by atoms with Gasteiger partial charge in [-0.3, -0.25) is 9.80 Å². The van der Waals surface area contributed by atoms with Crippen molar-refractivity contribution in [3.8, 4) is 5.75 Å². The molecule has 0 N–H and O–H groups in total. The van der Waals surface area contributed by atoms with E-state index >= 15 is 0 Å². The van der Waals surface area contributed by atoms with Crippen LogP contribution in [0.15, 0.2) is 30.6 Å². The molecule has 0 bridgehead atoms. The van der Waals surface area contributed by atoms with Crippen molar-refractivity contribution in [1.29, 1.82) is 0 Å². The maximum absolute atomic E-state index is 5.57. The highest BCUT2D eigenvalue weighted by atomic mass is 16.5. The van der Waals surface area contributed by atoms with Crippen LogP contribution in [0.3, 0.4) is 0 Å². The molecule has 1 aromatic carbocycles. The van der Waals surface area contributed by atoms with Crippen LogP contribution in [0, 0.1) is 0 Å². The zero-order valence-corrected chi connectivity index (χ0v) is 15.7. The van der Waals surface area contributed by atoms with Crippen LogP contribution in [0.1, 0.15) is 17.0 Å². The SMILES string of the molecule is COc1ccccc1CN1Cc2ncn(C)c2C[C@@H]1CN1CCOCC1. The summed E-state index contributed by atoms with van der Waals surface area (Å²) in [6.07, 6.45) is 2.99. The first-order chi connectivity index (χ1) is 12.7. The predicted octanol–water partition coefficient (Wildman–Crippen LogP) is 1.69. The highest BCUT2D eigenvalue weighted by molar-refractivity contribution is 5.33. The molecular formula is C20H28N4O2. The Kier molecular flexibility index (Phi) is 5.24. The molecule has 0 unspecified atom stereocenters. The molecule has 2 aliphatic rings. The number of hydrogen-bond acceptors (Lipinski definition) is 5. The molecule has 0 saturated carbocycles. The Morgan fingerprint density at radius 2 is 2.04 bits per heavy atom. The highest BCUT2D eigenvalue weighted by Gasteiger charge is 2.31. The molecule has 0 radical (unpaired) electrons. The summed E-state index contributed by atoms with van der Waals surface area (Å²) in [5.41, 5.74) is 3.82. The standard InChI is InChI=1S/C20H28N4O2/c1-22-15-21-18-14-24(12-16-5-3-4-6-20(16)25-2)17(11-19(18)22)13-23-7-9-26-10-8-23/h3-6,15,17H,7-14H2,1-2H3/t17-/m1/s1. The van der Waals surface area contributed by atoms with Crippen molar-refractivity contribution in [3.05, 3.63) is 47.5 Å². The lowest BCUT2D eigenvalue weighted by molar-refractivity contribution is 0.0178. The van der Waals surface area contributed by atoms with Crippen molar-refractivity contribution in [1.82, 2.24) is 19.4 Å². The first-order valence-electron chi connectivity index (χ1n) is 9.39. The van der Waals surface area contributed by atoms with Gasteiger partial charge in [0, 0.05) is 63.5 Å². The lowest BCUT2D eigenvalue weighted by atomic mass is 10.00. The Balaban J connectivity index is 1.56. The van der Waals surface area contributed by atoms with Gasteiger partial charge >= 0.3 is 0 Å². The molecule has 0 spiro atoms. The molecule has 3 heterocycles. The number of morpholine rings is 1. The minimum absolute atomic E-state index is 0.473. The van der Waals surface area contributed by atoms with Crippen molar-refractivity contribution < 1.29 is 9.47 Å². The summed E-state index contributed by atoms with van der Waals surface area (Å²) in [7, 11) is 3.85. The van der Waals surface area contributed by atoms with E-state index in [-0.39, 0.29) is 0 Å². The average molecular weight is 356 g/mol. The predicted molar refractivity (Wildman–Crippen MR) is 100 cm³/mol. The van der Waals surface area contributed by atoms with Crippen molar-refractivity contribution in [2.45, 2.75) is 25.6 Å². The average Bonchev–Trinajstić information content (AvgIpc) is 3.03. The zero-order chi connectivity index (χ0) is 17.9. The molecular weight excluding hydrogens is 328 g/mol. The number of hydrogen-bond donors (Lipinski definition) is 0. The fraction of sp³-hybridized carbons (Fsp3) is 0.550. The number of ether oxygens (including phenoxy) is 2. The van der Waals surface area contributed by atoms with E-state index in [0.29, 0.717) is 6.04 Å². The molecule has 2 aromatic rings. The number of para-hydroxylation sites is 1. The molecule has 1 aromatic heterocycles. The van der Waals surface area contributed by atoms with E-state index in [1.165, 1.54) is 17.0 Å². The third-order valence-corrected chi connectivity index (χ3v) is 5.58. The van der Waals surface area contributed by atoms with Gasteiger partial charge in [0.15, 0.2) is 0 Å². The summed E-state index contributed by atoms with van der Waals surface area (Å²) in [6.45, 7) is 6.59. The normalized spacial score (nSPS) is 21.5. The van der Waals surface area contributed by atoms with Crippen molar-refractivity contribution >= 4 is 0 Å². The van der Waals surface area contributed by atoms with Gasteiger partial charge in [0.1, 0.15) is 5.75 Å². The van der Waals surface area contributed by atoms with Crippen LogP contribution in [-0.4, -0.2) is 65.4 Å². The van der Waals surface area contributed by atoms with E-state index < -0.39 is 0 Å². The van der Waals surface area contributed by atoms with Gasteiger partial charge in [0.2, 0.25) is 0 Å². The lowest BCUT2D eigenvalue weighted by Crippen LogP contribution is -2.50. The molecule has 1 saturated heterocycles. The number of fused-ring (bicyclic) bond motifs is 1. The summed E-state index contributed by atoms with van der Waals surface area (Å²) in [4.78, 5) is 9.72. The van der Waals surface area contributed by atoms with E-state index in [9.17, 15) is 0 Å². The van der Waals surface area contributed by atoms with Crippen LogP contribution < -0.4 is 4.74 Å². The molecule has 0 aliphatic carbocycles. The molecule has 140 valence electrons. The number of imidazole rings is 1. The van der Waals surface area contributed by atoms with Gasteiger partial charge in [-0.25, -0.2) is 4.98 Å². The number of aryl methyl sites for hydroxylation is 1. The number of aromatic nitrogens is 2. The number of benzene rings is 1. The fourth-order valence-corrected chi connectivity index (χ4v) is 4.07. The van der Waals surface area contributed by atoms with Gasteiger partial charge in [0.25, 0.3) is 0 Å². The summed E-state index contributed by atoms with van der Waals surface area (Å²) >= 11 is 0. The zero-order valence-electron chi connectivity index (χ0n) is 15.7. The van der Waals surface area contributed by atoms with Gasteiger partial charge in [-0.1, -0.05) is 18.2 Å². The van der Waals surface area contributed by atoms with Crippen LogP contribution in [0.2, 0.25) is 0 Å². The van der Waals surface area contributed by atoms with E-state index in [2.05, 4.69) is 38.5 Å². The Morgan fingerprint density at radius 3 is 2.85 bits per heavy atom. The van der Waals surface area contributed by atoms with E-state index in [1.807, 2.05) is 18.5 Å². The molecule has 2 aliphatic heterocycles. The number of rotatable bonds is 5. The third kappa shape index (κ3) is 3.63. The first-order valence-corrected chi connectivity index (χ1v) is 9.39. The largest absolute Gasteiger partial charge is 0.496 e. The topological polar surface area (TPSA) is 42.8 Å². The van der Waals surface area contributed by atoms with Gasteiger partial charge in [-0.05, 0) is 6.07 Å². The van der Waals surface area contributed by atoms with Crippen LogP contribution in [0.5, 0.6) is 5.75 Å². The second-order valence-corrected chi connectivity index (χ2v) is 7.24. The minimum Gasteiger partial charge on any atom is -0.496 e. The molecule has 1 atom stereocenters. The monoisotopic (exact) mass is 356 g/mol. The van der Waals surface area contributed by atoms with Crippen LogP contribution in [0.25, 0.3) is 0 Å². The lowest BCUT2D eigenvalue weighted by Gasteiger charge is -2.39. The van der Waals surface area contributed by atoms with Gasteiger partial charge in [0.05, 0.1) is 32.3 Å². The first kappa shape index (κ1) is 17.5. The van der Waals surface area contributed by atoms with Crippen LogP contribution in [-0.2, 0) is 31.3 Å². The van der Waals surface area contributed by atoms with E-state index in [0.717, 1.165) is 58.1 Å². The van der Waals surface area contributed by atoms with E-state index in [4.69, 9.17) is 9.47 Å². The van der Waals surface area contributed by atoms with Crippen molar-refractivity contribution in [2.24, 2.45) is 7.05 Å². The maximum atomic E-state index is 5.57. The highest BCUT2D eigenvalue weighted by Crippen LogP contribution is 2.27. The summed E-state index contributed by atoms with van der Waals surface area (Å²) in [5.74, 6) is 0.962. The Bertz CT molecular complexity index is 739. The molecule has 4 rings (SSSR count). The number of methoxy groups -OCH3 is 1. The second kappa shape index (κ2) is 7.78. The maximum Gasteiger partial charge on any atom is 0.123 e. The Morgan fingerprint density at radius 1 is 1.23 bits per heavy atom. The minimum atomic E-state index is 0.473. The number of nitrogens with zero attached hydrogens (tertiary/aromatic N) is 4. The van der Waals surface area contributed by atoms with Crippen molar-refractivity contribution in [3.63, 3.8) is 0 Å². The van der Waals surface area contributed by atoms with E-state index in [1.54, 1.807) is 7.11 Å². The van der Waals surface area contributed by atoms with Gasteiger partial charge < -0.3 is 14.0 Å². The quantitative estimate of drug-likeness (QED) is 0.816. The van der Waals surface area contributed by atoms with Gasteiger partial charge in [-0.15, -0.1) is 0 Å². The van der Waals surface area contributed by atoms with Crippen LogP contribution >= 0.6 is 0 Å². The smallest absolute Gasteiger partial charge is 0.123 e. The molecule has 26 heavy (non-hydrogen) atoms. The Labute approximate surface area is 155 Å². The molecule has 0 amide bonds. The second-order valence-electron chi connectivity index (χ2n) is 7.24. The summed E-state index contributed by atoms with van der Waals surface area (Å²) < 4.78 is 13.3. The molecule has 6 nitrogen and oxygen atoms in total. The van der Waals surface area contributed by atoms with Crippen LogP contribution in [0.4, 0.5) is 0 Å². The third-order valence-electron chi connectivity index (χ3n) is 5.58. The fourth-order valence-electron chi connectivity index (χ4n) is 4.07. The molecule has 6 heteroatoms. The van der Waals surface area contributed by atoms with Crippen molar-refractivity contribution in [2.75, 3.05) is 40.0 Å².